The summed E-state index contributed by atoms with van der Waals surface area (Å²) >= 11 is 0. The van der Waals surface area contributed by atoms with Gasteiger partial charge in [-0.15, -0.1) is 0 Å². The van der Waals surface area contributed by atoms with Gasteiger partial charge < -0.3 is 15.5 Å². The van der Waals surface area contributed by atoms with Crippen LogP contribution in [0.2, 0.25) is 0 Å². The van der Waals surface area contributed by atoms with Crippen LogP contribution < -0.4 is 10.6 Å². The van der Waals surface area contributed by atoms with Crippen molar-refractivity contribution >= 4 is 21.8 Å². The number of hydrogen-bond acceptors (Lipinski definition) is 5. The Morgan fingerprint density at radius 3 is 2.46 bits per heavy atom. The Hall–Kier alpha value is -2.39. The zero-order chi connectivity index (χ0) is 25.2. The summed E-state index contributed by atoms with van der Waals surface area (Å²) in [6.07, 6.45) is 9.15. The molecule has 1 saturated carbocycles. The number of likely N-dealkylation sites (tertiary alicyclic amines) is 1. The molecule has 3 atom stereocenters. The molecule has 0 aromatic heterocycles. The largest absolute Gasteiger partial charge is 0.353 e. The molecule has 2 heterocycles. The number of rotatable bonds is 6. The predicted octanol–water partition coefficient (Wildman–Crippen LogP) is 2.89. The van der Waals surface area contributed by atoms with Gasteiger partial charge in [-0.3, -0.25) is 13.9 Å². The van der Waals surface area contributed by atoms with Crippen molar-refractivity contribution in [1.29, 1.82) is 0 Å². The molecule has 9 heteroatoms. The summed E-state index contributed by atoms with van der Waals surface area (Å²) in [4.78, 5) is 28.5. The quantitative estimate of drug-likeness (QED) is 0.623. The number of sulfonamides is 1. The lowest BCUT2D eigenvalue weighted by Crippen LogP contribution is -2.55. The molecule has 0 radical (unpaired) electrons. The fourth-order valence-corrected chi connectivity index (χ4v) is 7.11. The van der Waals surface area contributed by atoms with Crippen molar-refractivity contribution in [1.82, 2.24) is 19.8 Å². The monoisotopic (exact) mass is 502 g/mol. The fourth-order valence-electron chi connectivity index (χ4n) is 5.66. The van der Waals surface area contributed by atoms with E-state index in [0.29, 0.717) is 6.04 Å². The summed E-state index contributed by atoms with van der Waals surface area (Å²) in [6.45, 7) is 8.58. The highest BCUT2D eigenvalue weighted by Crippen LogP contribution is 2.38. The van der Waals surface area contributed by atoms with Crippen LogP contribution in [0.25, 0.3) is 0 Å². The van der Waals surface area contributed by atoms with E-state index >= 15 is 0 Å². The lowest BCUT2D eigenvalue weighted by molar-refractivity contribution is -0.130. The zero-order valence-electron chi connectivity index (χ0n) is 21.0. The Morgan fingerprint density at radius 1 is 1.11 bits per heavy atom. The summed E-state index contributed by atoms with van der Waals surface area (Å²) in [7, 11) is -3.98. The van der Waals surface area contributed by atoms with E-state index in [1.165, 1.54) is 43.8 Å². The molecule has 4 rings (SSSR count). The molecule has 3 aliphatic rings. The van der Waals surface area contributed by atoms with Crippen molar-refractivity contribution in [3.8, 4) is 0 Å². The maximum Gasteiger partial charge on any atom is 0.264 e. The summed E-state index contributed by atoms with van der Waals surface area (Å²) < 4.78 is 27.6. The normalized spacial score (nSPS) is 27.3. The molecule has 1 aliphatic carbocycles. The molecular weight excluding hydrogens is 464 g/mol. The highest BCUT2D eigenvalue weighted by molar-refractivity contribution is 7.89. The van der Waals surface area contributed by atoms with Crippen LogP contribution in [0, 0.1) is 12.3 Å². The van der Waals surface area contributed by atoms with E-state index in [0.717, 1.165) is 42.2 Å². The van der Waals surface area contributed by atoms with Crippen LogP contribution >= 0.6 is 0 Å². The van der Waals surface area contributed by atoms with Crippen LogP contribution in [-0.4, -0.2) is 60.7 Å². The average Bonchev–Trinajstić information content (AvgIpc) is 2.82. The molecule has 0 bridgehead atoms. The van der Waals surface area contributed by atoms with E-state index < -0.39 is 22.0 Å². The summed E-state index contributed by atoms with van der Waals surface area (Å²) in [5.41, 5.74) is 0.850. The third-order valence-corrected chi connectivity index (χ3v) is 9.57. The third kappa shape index (κ3) is 5.72. The number of benzene rings is 1. The first-order valence-electron chi connectivity index (χ1n) is 12.7. The van der Waals surface area contributed by atoms with Gasteiger partial charge >= 0.3 is 0 Å². The van der Waals surface area contributed by atoms with E-state index in [2.05, 4.69) is 29.4 Å². The summed E-state index contributed by atoms with van der Waals surface area (Å²) in [6, 6.07) is 5.86. The van der Waals surface area contributed by atoms with Crippen molar-refractivity contribution in [3.05, 3.63) is 42.2 Å². The van der Waals surface area contributed by atoms with Crippen LogP contribution in [0.4, 0.5) is 0 Å². The fraction of sp³-hybridized carbons (Fsp3) is 0.615. The van der Waals surface area contributed by atoms with Crippen molar-refractivity contribution in [3.63, 3.8) is 0 Å². The van der Waals surface area contributed by atoms with E-state index in [4.69, 9.17) is 0 Å². The second-order valence-electron chi connectivity index (χ2n) is 10.8. The number of carbonyl (C=O) groups is 2. The Balaban J connectivity index is 1.42. The first-order valence-corrected chi connectivity index (χ1v) is 14.1. The Kier molecular flexibility index (Phi) is 7.57. The molecule has 2 N–H and O–H groups in total. The van der Waals surface area contributed by atoms with Crippen LogP contribution in [0.15, 0.2) is 41.6 Å². The van der Waals surface area contributed by atoms with Gasteiger partial charge in [-0.25, -0.2) is 8.42 Å². The lowest BCUT2D eigenvalue weighted by Gasteiger charge is -2.47. The number of amides is 2. The topological polar surface area (TPSA) is 98.8 Å². The molecular formula is C26H38N4O4S. The van der Waals surface area contributed by atoms with E-state index in [-0.39, 0.29) is 28.7 Å². The van der Waals surface area contributed by atoms with Gasteiger partial charge in [0.25, 0.3) is 10.0 Å². The van der Waals surface area contributed by atoms with Crippen LogP contribution in [0.1, 0.15) is 64.4 Å². The smallest absolute Gasteiger partial charge is 0.264 e. The molecule has 1 aromatic carbocycles. The van der Waals surface area contributed by atoms with Crippen molar-refractivity contribution in [2.75, 3.05) is 13.1 Å². The van der Waals surface area contributed by atoms with Gasteiger partial charge in [0.2, 0.25) is 11.8 Å². The van der Waals surface area contributed by atoms with Crippen LogP contribution in [0.3, 0.4) is 0 Å². The SMILES string of the molecule is Cc1ccc(S(=O)(=O)N2C=CNC(=O)[C@H]2CC(=O)N[C@@H]2CC[C@H](N3CCCCC3)CC2(C)C)cc1. The van der Waals surface area contributed by atoms with Crippen LogP contribution in [0.5, 0.6) is 0 Å². The maximum atomic E-state index is 13.3. The second kappa shape index (κ2) is 10.3. The third-order valence-electron chi connectivity index (χ3n) is 7.77. The molecule has 0 spiro atoms. The Morgan fingerprint density at radius 2 is 1.80 bits per heavy atom. The number of carbonyl (C=O) groups excluding carboxylic acids is 2. The summed E-state index contributed by atoms with van der Waals surface area (Å²) in [5, 5.41) is 5.69. The molecule has 1 saturated heterocycles. The lowest BCUT2D eigenvalue weighted by atomic mass is 9.70. The van der Waals surface area contributed by atoms with Gasteiger partial charge in [0, 0.05) is 24.5 Å². The standard InChI is InChI=1S/C26H38N4O4S/c1-19-7-10-21(11-8-19)35(33,34)30-16-13-27-25(32)22(30)17-24(31)28-23-12-9-20(18-26(23,2)3)29-14-5-4-6-15-29/h7-8,10-11,13,16,20,22-23H,4-6,9,12,14-15,17-18H2,1-3H3,(H,27,32)(H,28,31)/t20-,22+,23+/m0/s1. The molecule has 2 amide bonds. The molecule has 35 heavy (non-hydrogen) atoms. The van der Waals surface area contributed by atoms with E-state index in [1.54, 1.807) is 12.1 Å². The number of nitrogens with one attached hydrogen (secondary N) is 2. The highest BCUT2D eigenvalue weighted by Gasteiger charge is 2.41. The number of hydrogen-bond donors (Lipinski definition) is 2. The summed E-state index contributed by atoms with van der Waals surface area (Å²) in [5.74, 6) is -0.814. The molecule has 8 nitrogen and oxygen atoms in total. The van der Waals surface area contributed by atoms with Gasteiger partial charge in [0.05, 0.1) is 11.3 Å². The van der Waals surface area contributed by atoms with Gasteiger partial charge in [-0.1, -0.05) is 38.0 Å². The molecule has 192 valence electrons. The molecule has 2 fully saturated rings. The number of nitrogens with zero attached hydrogens (tertiary/aromatic N) is 2. The van der Waals surface area contributed by atoms with Gasteiger partial charge in [0.15, 0.2) is 0 Å². The Labute approximate surface area is 209 Å². The molecule has 0 unspecified atom stereocenters. The van der Waals surface area contributed by atoms with E-state index in [9.17, 15) is 18.0 Å². The Bertz CT molecular complexity index is 1060. The minimum absolute atomic E-state index is 0.0135. The molecule has 2 aliphatic heterocycles. The maximum absolute atomic E-state index is 13.3. The minimum Gasteiger partial charge on any atom is -0.353 e. The van der Waals surface area contributed by atoms with Crippen molar-refractivity contribution in [2.24, 2.45) is 5.41 Å². The number of aryl methyl sites for hydroxylation is 1. The predicted molar refractivity (Wildman–Crippen MR) is 135 cm³/mol. The van der Waals surface area contributed by atoms with Crippen LogP contribution in [-0.2, 0) is 19.6 Å². The van der Waals surface area contributed by atoms with Gasteiger partial charge in [0.1, 0.15) is 6.04 Å². The van der Waals surface area contributed by atoms with Crippen molar-refractivity contribution < 1.29 is 18.0 Å². The highest BCUT2D eigenvalue weighted by atomic mass is 32.2. The average molecular weight is 503 g/mol. The van der Waals surface area contributed by atoms with Crippen molar-refractivity contribution in [2.45, 2.75) is 88.7 Å². The first-order chi connectivity index (χ1) is 16.6. The zero-order valence-corrected chi connectivity index (χ0v) is 21.8. The van der Waals surface area contributed by atoms with Gasteiger partial charge in [-0.2, -0.15) is 0 Å². The van der Waals surface area contributed by atoms with E-state index in [1.807, 2.05) is 6.92 Å². The minimum atomic E-state index is -3.98. The van der Waals surface area contributed by atoms with Gasteiger partial charge in [-0.05, 0) is 69.7 Å². The first kappa shape index (κ1) is 25.7. The number of piperidine rings is 1. The molecule has 1 aromatic rings. The second-order valence-corrected chi connectivity index (χ2v) is 12.7.